The van der Waals surface area contributed by atoms with Crippen LogP contribution in [0.2, 0.25) is 0 Å². The van der Waals surface area contributed by atoms with Gasteiger partial charge in [0.05, 0.1) is 10.6 Å². The summed E-state index contributed by atoms with van der Waals surface area (Å²) >= 11 is 1.25. The fourth-order valence-electron chi connectivity index (χ4n) is 3.62. The Morgan fingerprint density at radius 2 is 1.72 bits per heavy atom. The first-order valence-corrected chi connectivity index (χ1v) is 12.2. The number of amides is 1. The molecule has 0 bridgehead atoms. The van der Waals surface area contributed by atoms with Gasteiger partial charge >= 0.3 is 0 Å². The summed E-state index contributed by atoms with van der Waals surface area (Å²) in [5.41, 5.74) is 2.82. The van der Waals surface area contributed by atoms with Gasteiger partial charge in [-0.2, -0.15) is 0 Å². The first-order chi connectivity index (χ1) is 15.5. The van der Waals surface area contributed by atoms with E-state index in [1.807, 2.05) is 48.5 Å². The van der Waals surface area contributed by atoms with E-state index < -0.39 is 15.9 Å². The van der Waals surface area contributed by atoms with Gasteiger partial charge in [-0.25, -0.2) is 8.42 Å². The van der Waals surface area contributed by atoms with E-state index in [9.17, 15) is 13.2 Å². The summed E-state index contributed by atoms with van der Waals surface area (Å²) in [5.74, 6) is -0.445. The zero-order chi connectivity index (χ0) is 22.1. The maximum absolute atomic E-state index is 13.3. The number of rotatable bonds is 5. The highest BCUT2D eigenvalue weighted by molar-refractivity contribution is 7.92. The molecular formula is C23H18N4O3S2. The Labute approximate surface area is 189 Å². The second kappa shape index (κ2) is 8.18. The van der Waals surface area contributed by atoms with E-state index in [1.54, 1.807) is 18.2 Å². The highest BCUT2D eigenvalue weighted by atomic mass is 32.2. The molecule has 5 rings (SSSR count). The van der Waals surface area contributed by atoms with Gasteiger partial charge < -0.3 is 0 Å². The zero-order valence-electron chi connectivity index (χ0n) is 16.8. The first kappa shape index (κ1) is 20.3. The molecule has 7 nitrogen and oxygen atoms in total. The molecule has 1 aliphatic heterocycles. The molecule has 0 saturated heterocycles. The Hall–Kier alpha value is -3.56. The number of sulfonamides is 1. The Morgan fingerprint density at radius 1 is 0.938 bits per heavy atom. The van der Waals surface area contributed by atoms with Gasteiger partial charge in [-0.15, -0.1) is 10.2 Å². The molecule has 32 heavy (non-hydrogen) atoms. The average molecular weight is 463 g/mol. The molecule has 1 N–H and O–H groups in total. The van der Waals surface area contributed by atoms with Crippen LogP contribution in [0, 0.1) is 0 Å². The fourth-order valence-corrected chi connectivity index (χ4v) is 5.92. The lowest BCUT2D eigenvalue weighted by molar-refractivity contribution is 0.102. The van der Waals surface area contributed by atoms with Crippen LogP contribution in [0.5, 0.6) is 0 Å². The van der Waals surface area contributed by atoms with Gasteiger partial charge in [0.25, 0.3) is 15.9 Å². The number of hydrogen-bond acceptors (Lipinski definition) is 6. The van der Waals surface area contributed by atoms with E-state index in [0.717, 1.165) is 11.1 Å². The zero-order valence-corrected chi connectivity index (χ0v) is 18.4. The topological polar surface area (TPSA) is 92.3 Å². The van der Waals surface area contributed by atoms with Crippen molar-refractivity contribution in [2.75, 3.05) is 16.2 Å². The first-order valence-electron chi connectivity index (χ1n) is 9.93. The lowest BCUT2D eigenvalue weighted by Gasteiger charge is -2.19. The fraction of sp³-hybridized carbons (Fsp3) is 0.0870. The highest BCUT2D eigenvalue weighted by Crippen LogP contribution is 2.33. The van der Waals surface area contributed by atoms with Gasteiger partial charge in [-0.05, 0) is 36.2 Å². The highest BCUT2D eigenvalue weighted by Gasteiger charge is 2.31. The predicted molar refractivity (Wildman–Crippen MR) is 124 cm³/mol. The maximum Gasteiger partial charge on any atom is 0.264 e. The van der Waals surface area contributed by atoms with Crippen molar-refractivity contribution in [3.05, 3.63) is 90.0 Å². The number of carbonyl (C=O) groups is 1. The molecule has 0 atom stereocenters. The third-order valence-electron chi connectivity index (χ3n) is 5.19. The van der Waals surface area contributed by atoms with E-state index in [0.29, 0.717) is 28.8 Å². The minimum atomic E-state index is -3.78. The maximum atomic E-state index is 13.3. The van der Waals surface area contributed by atoms with Gasteiger partial charge in [-0.1, -0.05) is 65.9 Å². The summed E-state index contributed by atoms with van der Waals surface area (Å²) in [6, 6.07) is 23.0. The van der Waals surface area contributed by atoms with Crippen LogP contribution in [0.4, 0.5) is 10.8 Å². The second-order valence-corrected chi connectivity index (χ2v) is 10.1. The van der Waals surface area contributed by atoms with Crippen LogP contribution in [0.25, 0.3) is 10.6 Å². The third kappa shape index (κ3) is 3.76. The number of carbonyl (C=O) groups excluding carboxylic acids is 1. The molecule has 3 aromatic carbocycles. The molecule has 160 valence electrons. The van der Waals surface area contributed by atoms with Crippen molar-refractivity contribution < 1.29 is 13.2 Å². The number of nitrogens with zero attached hydrogens (tertiary/aromatic N) is 3. The summed E-state index contributed by atoms with van der Waals surface area (Å²) in [5, 5.41) is 11.9. The Balaban J connectivity index is 1.37. The molecule has 4 aromatic rings. The second-order valence-electron chi connectivity index (χ2n) is 7.22. The SMILES string of the molecule is O=C(Nc1nnc(-c2ccccc2)s1)c1cccc(S(=O)(=O)N2CCc3ccccc32)c1. The summed E-state index contributed by atoms with van der Waals surface area (Å²) in [7, 11) is -3.78. The largest absolute Gasteiger partial charge is 0.296 e. The standard InChI is InChI=1S/C23H18N4O3S2/c28-21(24-23-26-25-22(31-23)17-8-2-1-3-9-17)18-10-6-11-19(15-18)32(29,30)27-14-13-16-7-4-5-12-20(16)27/h1-12,15H,13-14H2,(H,24,26,28). The van der Waals surface area contributed by atoms with Crippen LogP contribution in [-0.4, -0.2) is 31.1 Å². The lowest BCUT2D eigenvalue weighted by Crippen LogP contribution is -2.29. The van der Waals surface area contributed by atoms with Gasteiger partial charge in [-0.3, -0.25) is 14.4 Å². The summed E-state index contributed by atoms with van der Waals surface area (Å²) in [6.07, 6.45) is 0.663. The van der Waals surface area contributed by atoms with Gasteiger partial charge in [0, 0.05) is 17.7 Å². The van der Waals surface area contributed by atoms with E-state index in [4.69, 9.17) is 0 Å². The van der Waals surface area contributed by atoms with Crippen LogP contribution in [-0.2, 0) is 16.4 Å². The van der Waals surface area contributed by atoms with Crippen LogP contribution in [0.3, 0.4) is 0 Å². The molecular weight excluding hydrogens is 444 g/mol. The van der Waals surface area contributed by atoms with Crippen molar-refractivity contribution in [2.24, 2.45) is 0 Å². The van der Waals surface area contributed by atoms with Crippen molar-refractivity contribution in [3.8, 4) is 10.6 Å². The molecule has 0 radical (unpaired) electrons. The number of benzene rings is 3. The van der Waals surface area contributed by atoms with Crippen molar-refractivity contribution in [3.63, 3.8) is 0 Å². The third-order valence-corrected chi connectivity index (χ3v) is 7.89. The number of hydrogen-bond donors (Lipinski definition) is 1. The molecule has 2 heterocycles. The quantitative estimate of drug-likeness (QED) is 0.480. The van der Waals surface area contributed by atoms with Crippen molar-refractivity contribution >= 4 is 38.1 Å². The van der Waals surface area contributed by atoms with E-state index >= 15 is 0 Å². The number of fused-ring (bicyclic) bond motifs is 1. The van der Waals surface area contributed by atoms with Crippen LogP contribution in [0.1, 0.15) is 15.9 Å². The number of para-hydroxylation sites is 1. The summed E-state index contributed by atoms with van der Waals surface area (Å²) in [6.45, 7) is 0.380. The summed E-state index contributed by atoms with van der Waals surface area (Å²) < 4.78 is 27.9. The van der Waals surface area contributed by atoms with Crippen molar-refractivity contribution in [2.45, 2.75) is 11.3 Å². The number of anilines is 2. The van der Waals surface area contributed by atoms with Crippen LogP contribution in [0.15, 0.2) is 83.8 Å². The van der Waals surface area contributed by atoms with Crippen LogP contribution < -0.4 is 9.62 Å². The minimum absolute atomic E-state index is 0.0732. The van der Waals surface area contributed by atoms with Gasteiger partial charge in [0.15, 0.2) is 0 Å². The molecule has 0 aliphatic carbocycles. The smallest absolute Gasteiger partial charge is 0.264 e. The molecule has 0 unspecified atom stereocenters. The van der Waals surface area contributed by atoms with E-state index in [2.05, 4.69) is 15.5 Å². The molecule has 9 heteroatoms. The lowest BCUT2D eigenvalue weighted by atomic mass is 10.2. The molecule has 0 spiro atoms. The normalized spacial score (nSPS) is 13.1. The Kier molecular flexibility index (Phi) is 5.20. The molecule has 1 aliphatic rings. The molecule has 1 amide bonds. The van der Waals surface area contributed by atoms with Gasteiger partial charge in [0.1, 0.15) is 5.01 Å². The van der Waals surface area contributed by atoms with Gasteiger partial charge in [0.2, 0.25) is 5.13 Å². The predicted octanol–water partition coefficient (Wildman–Crippen LogP) is 4.21. The Bertz CT molecular complexity index is 1400. The van der Waals surface area contributed by atoms with Crippen molar-refractivity contribution in [1.82, 2.24) is 10.2 Å². The molecule has 1 aromatic heterocycles. The van der Waals surface area contributed by atoms with Crippen LogP contribution >= 0.6 is 11.3 Å². The monoisotopic (exact) mass is 462 g/mol. The average Bonchev–Trinajstić information content (AvgIpc) is 3.47. The van der Waals surface area contributed by atoms with E-state index in [-0.39, 0.29) is 10.5 Å². The van der Waals surface area contributed by atoms with E-state index in [1.165, 1.54) is 27.8 Å². The number of aromatic nitrogens is 2. The Morgan fingerprint density at radius 3 is 2.56 bits per heavy atom. The molecule has 0 fully saturated rings. The number of nitrogens with one attached hydrogen (secondary N) is 1. The molecule has 0 saturated carbocycles. The minimum Gasteiger partial charge on any atom is -0.296 e. The summed E-state index contributed by atoms with van der Waals surface area (Å²) in [4.78, 5) is 12.9. The van der Waals surface area contributed by atoms with Crippen molar-refractivity contribution in [1.29, 1.82) is 0 Å².